The average Bonchev–Trinajstić information content (AvgIpc) is 2.95. The van der Waals surface area contributed by atoms with Crippen LogP contribution in [-0.4, -0.2) is 14.8 Å². The molecule has 1 aliphatic carbocycles. The van der Waals surface area contributed by atoms with E-state index in [-0.39, 0.29) is 12.1 Å². The number of fused-ring (bicyclic) bond motifs is 1. The number of aromatic nitrogens is 3. The minimum atomic E-state index is -0.0975. The summed E-state index contributed by atoms with van der Waals surface area (Å²) in [5.74, 6) is 0. The van der Waals surface area contributed by atoms with E-state index in [1.807, 2.05) is 16.9 Å². The standard InChI is InChI=1S/C12H16N4O/c13-6-8-5-9-7-14-16(10-3-1-2-4-10)11(9)15-12(8)17/h5,7,10H,1-4,6,13H2,(H,15,17). The molecule has 2 heterocycles. The Kier molecular flexibility index (Phi) is 2.48. The van der Waals surface area contributed by atoms with Crippen molar-refractivity contribution in [2.75, 3.05) is 0 Å². The van der Waals surface area contributed by atoms with Crippen LogP contribution in [0, 0.1) is 0 Å². The number of nitrogens with two attached hydrogens (primary N) is 1. The predicted octanol–water partition coefficient (Wildman–Crippen LogP) is 1.30. The first-order chi connectivity index (χ1) is 8.29. The molecule has 0 aromatic carbocycles. The second-order valence-electron chi connectivity index (χ2n) is 4.66. The summed E-state index contributed by atoms with van der Waals surface area (Å²) in [6.07, 6.45) is 6.60. The van der Waals surface area contributed by atoms with Crippen LogP contribution in [0.15, 0.2) is 17.1 Å². The summed E-state index contributed by atoms with van der Waals surface area (Å²) in [5, 5.41) is 5.37. The number of nitrogens with one attached hydrogen (secondary N) is 1. The zero-order valence-electron chi connectivity index (χ0n) is 9.65. The molecule has 0 radical (unpaired) electrons. The molecule has 17 heavy (non-hydrogen) atoms. The Hall–Kier alpha value is -1.62. The fourth-order valence-electron chi connectivity index (χ4n) is 2.63. The monoisotopic (exact) mass is 232 g/mol. The maximum atomic E-state index is 11.8. The SMILES string of the molecule is NCc1cc2cnn(C3CCCC3)c2[nH]c1=O. The quantitative estimate of drug-likeness (QED) is 0.819. The predicted molar refractivity (Wildman–Crippen MR) is 65.8 cm³/mol. The lowest BCUT2D eigenvalue weighted by Gasteiger charge is -2.10. The minimum Gasteiger partial charge on any atom is -0.326 e. The zero-order valence-corrected chi connectivity index (χ0v) is 9.65. The first-order valence-electron chi connectivity index (χ1n) is 6.09. The summed E-state index contributed by atoms with van der Waals surface area (Å²) in [5.41, 5.74) is 6.87. The van der Waals surface area contributed by atoms with Gasteiger partial charge in [-0.2, -0.15) is 5.10 Å². The number of hydrogen-bond donors (Lipinski definition) is 2. The highest BCUT2D eigenvalue weighted by Crippen LogP contribution is 2.30. The Labute approximate surface area is 98.6 Å². The molecule has 0 amide bonds. The lowest BCUT2D eigenvalue weighted by molar-refractivity contribution is 0.478. The lowest BCUT2D eigenvalue weighted by Crippen LogP contribution is -2.17. The van der Waals surface area contributed by atoms with Crippen molar-refractivity contribution in [1.29, 1.82) is 0 Å². The van der Waals surface area contributed by atoms with Gasteiger partial charge >= 0.3 is 0 Å². The molecule has 5 heteroatoms. The molecule has 1 fully saturated rings. The molecule has 1 aliphatic rings. The van der Waals surface area contributed by atoms with Crippen LogP contribution in [0.3, 0.4) is 0 Å². The highest BCUT2D eigenvalue weighted by molar-refractivity contribution is 5.75. The largest absolute Gasteiger partial charge is 0.326 e. The molecule has 0 unspecified atom stereocenters. The minimum absolute atomic E-state index is 0.0975. The molecule has 3 N–H and O–H groups in total. The van der Waals surface area contributed by atoms with Crippen LogP contribution >= 0.6 is 0 Å². The fourth-order valence-corrected chi connectivity index (χ4v) is 2.63. The van der Waals surface area contributed by atoms with Crippen LogP contribution in [-0.2, 0) is 6.54 Å². The van der Waals surface area contributed by atoms with Gasteiger partial charge in [-0.25, -0.2) is 4.68 Å². The van der Waals surface area contributed by atoms with Crippen LogP contribution in [0.1, 0.15) is 37.3 Å². The van der Waals surface area contributed by atoms with Crippen LogP contribution in [0.5, 0.6) is 0 Å². The van der Waals surface area contributed by atoms with Crippen molar-refractivity contribution < 1.29 is 0 Å². The first kappa shape index (κ1) is 10.5. The van der Waals surface area contributed by atoms with Gasteiger partial charge < -0.3 is 10.7 Å². The number of pyridine rings is 1. The summed E-state index contributed by atoms with van der Waals surface area (Å²) >= 11 is 0. The lowest BCUT2D eigenvalue weighted by atomic mass is 10.2. The van der Waals surface area contributed by atoms with E-state index in [9.17, 15) is 4.79 Å². The van der Waals surface area contributed by atoms with Crippen LogP contribution in [0.2, 0.25) is 0 Å². The van der Waals surface area contributed by atoms with Gasteiger partial charge in [0.1, 0.15) is 5.65 Å². The second-order valence-corrected chi connectivity index (χ2v) is 4.66. The van der Waals surface area contributed by atoms with Crippen molar-refractivity contribution in [2.45, 2.75) is 38.3 Å². The van der Waals surface area contributed by atoms with Crippen molar-refractivity contribution in [3.8, 4) is 0 Å². The van der Waals surface area contributed by atoms with Gasteiger partial charge in [-0.05, 0) is 18.9 Å². The highest BCUT2D eigenvalue weighted by Gasteiger charge is 2.20. The van der Waals surface area contributed by atoms with Crippen LogP contribution < -0.4 is 11.3 Å². The molecule has 1 saturated carbocycles. The molecule has 0 spiro atoms. The molecule has 5 nitrogen and oxygen atoms in total. The summed E-state index contributed by atoms with van der Waals surface area (Å²) in [6, 6.07) is 2.28. The highest BCUT2D eigenvalue weighted by atomic mass is 16.1. The fraction of sp³-hybridized carbons (Fsp3) is 0.500. The molecule has 3 rings (SSSR count). The molecule has 2 aromatic heterocycles. The zero-order chi connectivity index (χ0) is 11.8. The topological polar surface area (TPSA) is 76.7 Å². The van der Waals surface area contributed by atoms with Gasteiger partial charge in [0.2, 0.25) is 0 Å². The molecule has 2 aromatic rings. The Morgan fingerprint density at radius 3 is 2.94 bits per heavy atom. The van der Waals surface area contributed by atoms with Gasteiger partial charge in [-0.15, -0.1) is 0 Å². The normalized spacial score (nSPS) is 17.0. The molecule has 0 bridgehead atoms. The van der Waals surface area contributed by atoms with E-state index in [0.29, 0.717) is 11.6 Å². The number of nitrogens with zero attached hydrogens (tertiary/aromatic N) is 2. The summed E-state index contributed by atoms with van der Waals surface area (Å²) < 4.78 is 1.96. The van der Waals surface area contributed by atoms with Crippen molar-refractivity contribution in [3.63, 3.8) is 0 Å². The van der Waals surface area contributed by atoms with Crippen molar-refractivity contribution >= 4 is 11.0 Å². The van der Waals surface area contributed by atoms with E-state index in [2.05, 4.69) is 10.1 Å². The second kappa shape index (κ2) is 4.00. The smallest absolute Gasteiger partial charge is 0.254 e. The van der Waals surface area contributed by atoms with Gasteiger partial charge in [-0.1, -0.05) is 12.8 Å². The first-order valence-corrected chi connectivity index (χ1v) is 6.09. The molecular weight excluding hydrogens is 216 g/mol. The van der Waals surface area contributed by atoms with Gasteiger partial charge in [0, 0.05) is 17.5 Å². The van der Waals surface area contributed by atoms with E-state index in [1.54, 1.807) is 0 Å². The van der Waals surface area contributed by atoms with Gasteiger partial charge in [0.25, 0.3) is 5.56 Å². The van der Waals surface area contributed by atoms with Crippen LogP contribution in [0.25, 0.3) is 11.0 Å². The molecule has 90 valence electrons. The number of rotatable bonds is 2. The Morgan fingerprint density at radius 1 is 1.47 bits per heavy atom. The van der Waals surface area contributed by atoms with E-state index < -0.39 is 0 Å². The van der Waals surface area contributed by atoms with E-state index in [4.69, 9.17) is 5.73 Å². The number of aromatic amines is 1. The molecule has 0 atom stereocenters. The van der Waals surface area contributed by atoms with Gasteiger partial charge in [0.15, 0.2) is 0 Å². The third-order valence-electron chi connectivity index (χ3n) is 3.57. The maximum Gasteiger partial charge on any atom is 0.254 e. The Bertz CT molecular complexity index is 592. The maximum absolute atomic E-state index is 11.8. The van der Waals surface area contributed by atoms with Gasteiger partial charge in [-0.3, -0.25) is 4.79 Å². The number of hydrogen-bond acceptors (Lipinski definition) is 3. The summed E-state index contributed by atoms with van der Waals surface area (Å²) in [6.45, 7) is 0.264. The molecular formula is C12H16N4O. The van der Waals surface area contributed by atoms with Crippen molar-refractivity contribution in [3.05, 3.63) is 28.2 Å². The Balaban J connectivity index is 2.15. The number of H-pyrrole nitrogens is 1. The van der Waals surface area contributed by atoms with E-state index in [0.717, 1.165) is 23.9 Å². The molecule has 0 aliphatic heterocycles. The third kappa shape index (κ3) is 1.67. The van der Waals surface area contributed by atoms with Gasteiger partial charge in [0.05, 0.1) is 12.2 Å². The summed E-state index contributed by atoms with van der Waals surface area (Å²) in [7, 11) is 0. The summed E-state index contributed by atoms with van der Waals surface area (Å²) in [4.78, 5) is 14.7. The Morgan fingerprint density at radius 2 is 2.24 bits per heavy atom. The van der Waals surface area contributed by atoms with E-state index in [1.165, 1.54) is 12.8 Å². The van der Waals surface area contributed by atoms with E-state index >= 15 is 0 Å². The van der Waals surface area contributed by atoms with Crippen LogP contribution in [0.4, 0.5) is 0 Å². The third-order valence-corrected chi connectivity index (χ3v) is 3.57. The van der Waals surface area contributed by atoms with Crippen molar-refractivity contribution in [2.24, 2.45) is 5.73 Å². The average molecular weight is 232 g/mol. The molecule has 0 saturated heterocycles. The van der Waals surface area contributed by atoms with Crippen molar-refractivity contribution in [1.82, 2.24) is 14.8 Å².